The van der Waals surface area contributed by atoms with Gasteiger partial charge >= 0.3 is 14.1 Å². The quantitative estimate of drug-likeness (QED) is 0.520. The summed E-state index contributed by atoms with van der Waals surface area (Å²) in [7, 11) is -0.289. The Labute approximate surface area is 186 Å². The van der Waals surface area contributed by atoms with E-state index in [0.717, 1.165) is 24.2 Å². The second-order valence-electron chi connectivity index (χ2n) is 9.79. The van der Waals surface area contributed by atoms with Gasteiger partial charge in [-0.3, -0.25) is 0 Å². The third-order valence-electron chi connectivity index (χ3n) is 7.19. The molecule has 2 N–H and O–H groups in total. The van der Waals surface area contributed by atoms with Crippen LogP contribution < -0.4 is 10.5 Å². The molecule has 1 atom stereocenters. The number of hydrogen-bond acceptors (Lipinski definition) is 4. The van der Waals surface area contributed by atoms with E-state index < -0.39 is 0 Å². The highest BCUT2D eigenvalue weighted by Crippen LogP contribution is 2.43. The molecule has 0 saturated carbocycles. The Balaban J connectivity index is 1.46. The molecule has 0 spiro atoms. The minimum atomic E-state index is -0.352. The third kappa shape index (κ3) is 3.72. The molecule has 0 aromatic heterocycles. The van der Waals surface area contributed by atoms with Gasteiger partial charge in [-0.15, -0.1) is 0 Å². The van der Waals surface area contributed by atoms with Crippen molar-refractivity contribution in [2.45, 2.75) is 57.5 Å². The normalized spacial score (nSPS) is 19.7. The maximum Gasteiger partial charge on any atom is 0.457 e. The van der Waals surface area contributed by atoms with Crippen LogP contribution in [0.3, 0.4) is 0 Å². The van der Waals surface area contributed by atoms with Gasteiger partial charge in [-0.2, -0.15) is 0 Å². The molecule has 0 amide bonds. The third-order valence-corrected chi connectivity index (χ3v) is 7.19. The zero-order valence-electron chi connectivity index (χ0n) is 18.8. The van der Waals surface area contributed by atoms with Crippen molar-refractivity contribution >= 4 is 36.2 Å². The van der Waals surface area contributed by atoms with Crippen molar-refractivity contribution in [1.82, 2.24) is 0 Å². The molecular formula is C25H30B2N2O2. The average Bonchev–Trinajstić information content (AvgIpc) is 2.96. The summed E-state index contributed by atoms with van der Waals surface area (Å²) < 4.78 is 13.1. The lowest BCUT2D eigenvalue weighted by Gasteiger charge is -2.32. The summed E-state index contributed by atoms with van der Waals surface area (Å²) in [4.78, 5) is 0. The first-order valence-electron chi connectivity index (χ1n) is 11.3. The van der Waals surface area contributed by atoms with E-state index in [1.165, 1.54) is 16.3 Å². The molecule has 0 aliphatic carbocycles. The Bertz CT molecular complexity index is 1030. The Morgan fingerprint density at radius 3 is 1.94 bits per heavy atom. The van der Waals surface area contributed by atoms with Gasteiger partial charge in [0.2, 0.25) is 0 Å². The number of anilines is 2. The standard InChI is InChI=1S/C25H30B2N2O2/c1-24(2)25(3,4)31-27(30-24)22(17-16-18-10-6-5-7-11-18)26-28-20-14-8-12-19-13-9-15-21(29-26)23(19)20/h5-15,22,28-29H,16-17H2,1-4H3. The molecule has 0 bridgehead atoms. The van der Waals surface area contributed by atoms with Crippen molar-refractivity contribution in [3.05, 3.63) is 72.3 Å². The van der Waals surface area contributed by atoms with Crippen LogP contribution in [0.1, 0.15) is 39.7 Å². The van der Waals surface area contributed by atoms with E-state index in [0.29, 0.717) is 0 Å². The van der Waals surface area contributed by atoms with E-state index in [2.05, 4.69) is 105 Å². The van der Waals surface area contributed by atoms with Crippen molar-refractivity contribution in [3.63, 3.8) is 0 Å². The molecule has 3 aromatic carbocycles. The molecule has 1 unspecified atom stereocenters. The van der Waals surface area contributed by atoms with Crippen molar-refractivity contribution in [2.24, 2.45) is 0 Å². The van der Waals surface area contributed by atoms with Gasteiger partial charge in [-0.1, -0.05) is 61.0 Å². The predicted octanol–water partition coefficient (Wildman–Crippen LogP) is 5.80. The first kappa shape index (κ1) is 20.5. The van der Waals surface area contributed by atoms with Crippen molar-refractivity contribution in [1.29, 1.82) is 0 Å². The monoisotopic (exact) mass is 412 g/mol. The smallest absolute Gasteiger partial charge is 0.409 e. The topological polar surface area (TPSA) is 42.5 Å². The van der Waals surface area contributed by atoms with Gasteiger partial charge in [0.1, 0.15) is 0 Å². The van der Waals surface area contributed by atoms with Crippen molar-refractivity contribution in [2.75, 3.05) is 10.5 Å². The fourth-order valence-electron chi connectivity index (χ4n) is 4.67. The Hall–Kier alpha value is -2.43. The lowest BCUT2D eigenvalue weighted by atomic mass is 9.44. The molecule has 5 rings (SSSR count). The largest absolute Gasteiger partial charge is 0.457 e. The summed E-state index contributed by atoms with van der Waals surface area (Å²) >= 11 is 0. The molecule has 2 aliphatic heterocycles. The van der Waals surface area contributed by atoms with Crippen LogP contribution in [-0.4, -0.2) is 25.3 Å². The van der Waals surface area contributed by atoms with Crippen molar-refractivity contribution < 1.29 is 9.31 Å². The Morgan fingerprint density at radius 1 is 0.774 bits per heavy atom. The zero-order valence-corrected chi connectivity index (χ0v) is 18.8. The summed E-state index contributed by atoms with van der Waals surface area (Å²) in [5.41, 5.74) is 3.09. The molecule has 1 saturated heterocycles. The average molecular weight is 412 g/mol. The molecule has 0 radical (unpaired) electrons. The van der Waals surface area contributed by atoms with Gasteiger partial charge in [0, 0.05) is 22.5 Å². The minimum Gasteiger partial charge on any atom is -0.409 e. The Morgan fingerprint density at radius 2 is 1.35 bits per heavy atom. The second-order valence-corrected chi connectivity index (χ2v) is 9.79. The SMILES string of the molecule is CC1(C)OB(C(CCc2ccccc2)B2Nc3cccc4cccc(c34)N2)OC1(C)C. The number of nitrogens with one attached hydrogen (secondary N) is 2. The van der Waals surface area contributed by atoms with Gasteiger partial charge in [0.25, 0.3) is 0 Å². The van der Waals surface area contributed by atoms with Crippen LogP contribution in [0, 0.1) is 0 Å². The molecule has 1 fully saturated rings. The fourth-order valence-corrected chi connectivity index (χ4v) is 4.67. The van der Waals surface area contributed by atoms with E-state index >= 15 is 0 Å². The summed E-state index contributed by atoms with van der Waals surface area (Å²) in [6.07, 6.45) is 1.92. The van der Waals surface area contributed by atoms with Crippen LogP contribution in [0.5, 0.6) is 0 Å². The number of benzene rings is 3. The first-order valence-corrected chi connectivity index (χ1v) is 11.3. The van der Waals surface area contributed by atoms with Gasteiger partial charge < -0.3 is 19.8 Å². The zero-order chi connectivity index (χ0) is 21.6. The van der Waals surface area contributed by atoms with E-state index in [9.17, 15) is 0 Å². The van der Waals surface area contributed by atoms with Gasteiger partial charge in [0.05, 0.1) is 11.2 Å². The Kier molecular flexibility index (Phi) is 5.03. The van der Waals surface area contributed by atoms with Crippen molar-refractivity contribution in [3.8, 4) is 0 Å². The molecular weight excluding hydrogens is 382 g/mol. The van der Waals surface area contributed by atoms with E-state index in [-0.39, 0.29) is 31.0 Å². The summed E-state index contributed by atoms with van der Waals surface area (Å²) in [5.74, 6) is 0. The predicted molar refractivity (Wildman–Crippen MR) is 132 cm³/mol. The van der Waals surface area contributed by atoms with Crippen LogP contribution in [0.25, 0.3) is 10.8 Å². The van der Waals surface area contributed by atoms with E-state index in [1.807, 2.05) is 0 Å². The lowest BCUT2D eigenvalue weighted by Crippen LogP contribution is -2.48. The van der Waals surface area contributed by atoms with E-state index in [1.54, 1.807) is 0 Å². The lowest BCUT2D eigenvalue weighted by molar-refractivity contribution is 0.00578. The van der Waals surface area contributed by atoms with Gasteiger partial charge in [-0.05, 0) is 57.2 Å². The molecule has 3 aromatic rings. The van der Waals surface area contributed by atoms with Crippen LogP contribution >= 0.6 is 0 Å². The van der Waals surface area contributed by atoms with E-state index in [4.69, 9.17) is 9.31 Å². The highest BCUT2D eigenvalue weighted by atomic mass is 16.7. The maximum atomic E-state index is 6.53. The molecule has 2 aliphatic rings. The molecule has 4 nitrogen and oxygen atoms in total. The second kappa shape index (κ2) is 7.61. The summed E-state index contributed by atoms with van der Waals surface area (Å²) in [5, 5.41) is 10.0. The number of rotatable bonds is 5. The summed E-state index contributed by atoms with van der Waals surface area (Å²) in [6.45, 7) is 8.51. The highest BCUT2D eigenvalue weighted by molar-refractivity contribution is 6.80. The van der Waals surface area contributed by atoms with Crippen LogP contribution in [-0.2, 0) is 15.7 Å². The van der Waals surface area contributed by atoms with Crippen LogP contribution in [0.4, 0.5) is 11.4 Å². The van der Waals surface area contributed by atoms with Crippen LogP contribution in [0.15, 0.2) is 66.7 Å². The molecule has 31 heavy (non-hydrogen) atoms. The molecule has 2 heterocycles. The number of aryl methyl sites for hydroxylation is 1. The molecule has 158 valence electrons. The minimum absolute atomic E-state index is 0.0129. The highest BCUT2D eigenvalue weighted by Gasteiger charge is 2.56. The van der Waals surface area contributed by atoms with Gasteiger partial charge in [0.15, 0.2) is 0 Å². The molecule has 6 heteroatoms. The maximum absolute atomic E-state index is 6.53. The number of hydrogen-bond donors (Lipinski definition) is 2. The van der Waals surface area contributed by atoms with Gasteiger partial charge in [-0.25, -0.2) is 0 Å². The fraction of sp³-hybridized carbons (Fsp3) is 0.360. The summed E-state index contributed by atoms with van der Waals surface area (Å²) in [6, 6.07) is 23.5. The first-order chi connectivity index (χ1) is 14.8. The van der Waals surface area contributed by atoms with Crippen LogP contribution in [0.2, 0.25) is 5.72 Å².